The highest BCUT2D eigenvalue weighted by Gasteiger charge is 2.06. The molecule has 5 heteroatoms. The van der Waals surface area contributed by atoms with Crippen molar-refractivity contribution in [3.63, 3.8) is 0 Å². The fraction of sp³-hybridized carbons (Fsp3) is 0.333. The lowest BCUT2D eigenvalue weighted by molar-refractivity contribution is -0.137. The average Bonchev–Trinajstić information content (AvgIpc) is 1.84. The molecular formula is C6H11N3O2. The van der Waals surface area contributed by atoms with Crippen LogP contribution in [0.4, 0.5) is 0 Å². The summed E-state index contributed by atoms with van der Waals surface area (Å²) in [6.45, 7) is 3.39. The van der Waals surface area contributed by atoms with Crippen LogP contribution in [-0.4, -0.2) is 23.1 Å². The molecule has 0 aromatic rings. The topological polar surface area (TPSA) is 102 Å². The molecule has 0 spiro atoms. The lowest BCUT2D eigenvalue weighted by Gasteiger charge is -2.02. The van der Waals surface area contributed by atoms with Crippen LogP contribution in [-0.2, 0) is 4.79 Å². The Labute approximate surface area is 64.4 Å². The molecule has 0 aliphatic carbocycles. The number of carbonyl (C=O) groups is 1. The highest BCUT2D eigenvalue weighted by Crippen LogP contribution is 1.97. The van der Waals surface area contributed by atoms with Gasteiger partial charge in [0.2, 0.25) is 0 Å². The minimum atomic E-state index is -0.958. The molecular weight excluding hydrogens is 146 g/mol. The van der Waals surface area contributed by atoms with E-state index in [9.17, 15) is 4.79 Å². The third kappa shape index (κ3) is 4.95. The first-order chi connectivity index (χ1) is 5.06. The normalized spacial score (nSPS) is 11.6. The summed E-state index contributed by atoms with van der Waals surface area (Å²) >= 11 is 0. The van der Waals surface area contributed by atoms with Gasteiger partial charge in [-0.3, -0.25) is 4.79 Å². The van der Waals surface area contributed by atoms with Gasteiger partial charge in [0, 0.05) is 0 Å². The van der Waals surface area contributed by atoms with Crippen molar-refractivity contribution in [2.75, 3.05) is 0 Å². The highest BCUT2D eigenvalue weighted by molar-refractivity contribution is 5.76. The Morgan fingerprint density at radius 2 is 2.27 bits per heavy atom. The van der Waals surface area contributed by atoms with Gasteiger partial charge in [-0.1, -0.05) is 6.08 Å². The van der Waals surface area contributed by atoms with Gasteiger partial charge in [-0.25, -0.2) is 4.99 Å². The van der Waals surface area contributed by atoms with Crippen LogP contribution in [0.3, 0.4) is 0 Å². The second-order valence-electron chi connectivity index (χ2n) is 1.95. The van der Waals surface area contributed by atoms with E-state index in [0.29, 0.717) is 0 Å². The second-order valence-corrected chi connectivity index (χ2v) is 1.95. The number of nitrogens with zero attached hydrogens (tertiary/aromatic N) is 1. The van der Waals surface area contributed by atoms with Crippen molar-refractivity contribution in [3.8, 4) is 0 Å². The average molecular weight is 157 g/mol. The fourth-order valence-electron chi connectivity index (χ4n) is 0.552. The van der Waals surface area contributed by atoms with Gasteiger partial charge < -0.3 is 16.6 Å². The summed E-state index contributed by atoms with van der Waals surface area (Å²) in [5, 5.41) is 8.33. The van der Waals surface area contributed by atoms with Crippen molar-refractivity contribution in [2.45, 2.75) is 12.5 Å². The van der Waals surface area contributed by atoms with E-state index >= 15 is 0 Å². The molecule has 0 fully saturated rings. The smallest absolute Gasteiger partial charge is 0.305 e. The van der Waals surface area contributed by atoms with E-state index in [1.807, 2.05) is 0 Å². The zero-order valence-electron chi connectivity index (χ0n) is 6.03. The molecule has 1 atom stereocenters. The van der Waals surface area contributed by atoms with Crippen molar-refractivity contribution < 1.29 is 9.90 Å². The quantitative estimate of drug-likeness (QED) is 0.285. The molecule has 5 nitrogen and oxygen atoms in total. The second kappa shape index (κ2) is 4.32. The molecule has 0 saturated carbocycles. The van der Waals surface area contributed by atoms with Crippen molar-refractivity contribution >= 4 is 11.9 Å². The third-order valence-corrected chi connectivity index (χ3v) is 0.971. The number of carboxylic acids is 1. The Morgan fingerprint density at radius 1 is 1.73 bits per heavy atom. The number of hydrogen-bond donors (Lipinski definition) is 3. The Balaban J connectivity index is 4.07. The van der Waals surface area contributed by atoms with Gasteiger partial charge in [0.1, 0.15) is 0 Å². The molecule has 0 aromatic carbocycles. The van der Waals surface area contributed by atoms with E-state index in [0.717, 1.165) is 0 Å². The largest absolute Gasteiger partial charge is 0.481 e. The molecule has 0 rings (SSSR count). The maximum absolute atomic E-state index is 10.2. The molecule has 11 heavy (non-hydrogen) atoms. The fourth-order valence-corrected chi connectivity index (χ4v) is 0.552. The minimum Gasteiger partial charge on any atom is -0.481 e. The van der Waals surface area contributed by atoms with Gasteiger partial charge in [0.05, 0.1) is 12.5 Å². The maximum atomic E-state index is 10.2. The molecule has 0 aliphatic heterocycles. The number of aliphatic imine (C=N–C) groups is 1. The summed E-state index contributed by atoms with van der Waals surface area (Å²) in [6, 6.07) is -0.530. The van der Waals surface area contributed by atoms with Crippen LogP contribution in [0.5, 0.6) is 0 Å². The first kappa shape index (κ1) is 9.48. The van der Waals surface area contributed by atoms with E-state index in [1.165, 1.54) is 6.08 Å². The Morgan fingerprint density at radius 3 is 2.55 bits per heavy atom. The van der Waals surface area contributed by atoms with Gasteiger partial charge in [-0.05, 0) is 0 Å². The van der Waals surface area contributed by atoms with Crippen molar-refractivity contribution in [1.29, 1.82) is 0 Å². The van der Waals surface area contributed by atoms with Crippen LogP contribution in [0.1, 0.15) is 6.42 Å². The molecule has 0 saturated heterocycles. The predicted octanol–water partition coefficient (Wildman–Crippen LogP) is -0.711. The van der Waals surface area contributed by atoms with Crippen molar-refractivity contribution in [2.24, 2.45) is 16.5 Å². The van der Waals surface area contributed by atoms with E-state index in [-0.39, 0.29) is 12.4 Å². The van der Waals surface area contributed by atoms with Gasteiger partial charge in [-0.2, -0.15) is 0 Å². The van der Waals surface area contributed by atoms with E-state index in [2.05, 4.69) is 11.6 Å². The van der Waals surface area contributed by atoms with E-state index in [4.69, 9.17) is 16.6 Å². The number of nitrogens with two attached hydrogens (primary N) is 2. The Kier molecular flexibility index (Phi) is 3.72. The molecule has 0 aliphatic rings. The molecule has 0 aromatic heterocycles. The summed E-state index contributed by atoms with van der Waals surface area (Å²) in [5.74, 6) is -1.09. The summed E-state index contributed by atoms with van der Waals surface area (Å²) in [7, 11) is 0. The molecule has 62 valence electrons. The van der Waals surface area contributed by atoms with Crippen molar-refractivity contribution in [1.82, 2.24) is 0 Å². The standard InChI is InChI=1S/C6H11N3O2/c1-2-4(3-5(10)11)9-6(7)8/h2,4H,1,3H2,(H,10,11)(H4,7,8,9). The summed E-state index contributed by atoms with van der Waals surface area (Å²) in [4.78, 5) is 13.8. The number of rotatable bonds is 4. The summed E-state index contributed by atoms with van der Waals surface area (Å²) < 4.78 is 0. The van der Waals surface area contributed by atoms with Gasteiger partial charge >= 0.3 is 5.97 Å². The third-order valence-electron chi connectivity index (χ3n) is 0.971. The van der Waals surface area contributed by atoms with Crippen LogP contribution >= 0.6 is 0 Å². The summed E-state index contributed by atoms with van der Waals surface area (Å²) in [6.07, 6.45) is 1.25. The zero-order chi connectivity index (χ0) is 8.85. The molecule has 0 amide bonds. The monoisotopic (exact) mass is 157 g/mol. The lowest BCUT2D eigenvalue weighted by Crippen LogP contribution is -2.25. The van der Waals surface area contributed by atoms with Crippen LogP contribution in [0.25, 0.3) is 0 Å². The van der Waals surface area contributed by atoms with Crippen LogP contribution < -0.4 is 11.5 Å². The molecule has 1 unspecified atom stereocenters. The first-order valence-corrected chi connectivity index (χ1v) is 2.99. The SMILES string of the molecule is C=CC(CC(=O)O)N=C(N)N. The molecule has 5 N–H and O–H groups in total. The highest BCUT2D eigenvalue weighted by atomic mass is 16.4. The van der Waals surface area contributed by atoms with Gasteiger partial charge in [-0.15, -0.1) is 6.58 Å². The van der Waals surface area contributed by atoms with E-state index < -0.39 is 12.0 Å². The number of hydrogen-bond acceptors (Lipinski definition) is 2. The van der Waals surface area contributed by atoms with E-state index in [1.54, 1.807) is 0 Å². The van der Waals surface area contributed by atoms with Crippen molar-refractivity contribution in [3.05, 3.63) is 12.7 Å². The van der Waals surface area contributed by atoms with Crippen LogP contribution in [0.2, 0.25) is 0 Å². The lowest BCUT2D eigenvalue weighted by atomic mass is 10.2. The minimum absolute atomic E-state index is 0.129. The molecule has 0 heterocycles. The van der Waals surface area contributed by atoms with Gasteiger partial charge in [0.25, 0.3) is 0 Å². The zero-order valence-corrected chi connectivity index (χ0v) is 6.03. The summed E-state index contributed by atoms with van der Waals surface area (Å²) in [5.41, 5.74) is 10.1. The van der Waals surface area contributed by atoms with Crippen LogP contribution in [0, 0.1) is 0 Å². The predicted molar refractivity (Wildman–Crippen MR) is 42.0 cm³/mol. The number of guanidine groups is 1. The Hall–Kier alpha value is -1.52. The molecule has 0 radical (unpaired) electrons. The maximum Gasteiger partial charge on any atom is 0.305 e. The number of aliphatic carboxylic acids is 1. The van der Waals surface area contributed by atoms with Gasteiger partial charge in [0.15, 0.2) is 5.96 Å². The molecule has 0 bridgehead atoms. The Bertz CT molecular complexity index is 184. The number of carboxylic acid groups (broad SMARTS) is 1. The van der Waals surface area contributed by atoms with Crippen LogP contribution in [0.15, 0.2) is 17.6 Å². The first-order valence-electron chi connectivity index (χ1n) is 2.99.